The number of benzene rings is 1. The van der Waals surface area contributed by atoms with Crippen LogP contribution in [0.25, 0.3) is 0 Å². The van der Waals surface area contributed by atoms with Crippen LogP contribution in [-0.4, -0.2) is 35.3 Å². The Kier molecular flexibility index (Phi) is 4.16. The van der Waals surface area contributed by atoms with Crippen molar-refractivity contribution in [2.45, 2.75) is 44.1 Å². The molecule has 5 heteroatoms. The number of nitrogens with two attached hydrogens (primary N) is 1. The first-order valence-electron chi connectivity index (χ1n) is 8.08. The average Bonchev–Trinajstić information content (AvgIpc) is 3.31. The lowest BCUT2D eigenvalue weighted by molar-refractivity contribution is -0.118. The zero-order valence-corrected chi connectivity index (χ0v) is 12.8. The fourth-order valence-electron chi connectivity index (χ4n) is 2.77. The van der Waals surface area contributed by atoms with Crippen molar-refractivity contribution in [1.29, 1.82) is 0 Å². The summed E-state index contributed by atoms with van der Waals surface area (Å²) in [6, 6.07) is 7.10. The van der Waals surface area contributed by atoms with Gasteiger partial charge in [0.15, 0.2) is 0 Å². The van der Waals surface area contributed by atoms with Crippen LogP contribution >= 0.6 is 0 Å². The van der Waals surface area contributed by atoms with E-state index in [0.717, 1.165) is 38.8 Å². The molecule has 0 radical (unpaired) electrons. The number of carbonyl (C=O) groups excluding carboxylic acids is 2. The van der Waals surface area contributed by atoms with Crippen molar-refractivity contribution < 1.29 is 9.59 Å². The second kappa shape index (κ2) is 6.08. The fraction of sp³-hybridized carbons (Fsp3) is 0.529. The first-order valence-corrected chi connectivity index (χ1v) is 8.08. The molecule has 0 spiro atoms. The minimum Gasteiger partial charge on any atom is -0.339 e. The quantitative estimate of drug-likeness (QED) is 0.898. The highest BCUT2D eigenvalue weighted by atomic mass is 16.2. The number of likely N-dealkylation sites (tertiary alicyclic amines) is 1. The second-order valence-electron chi connectivity index (χ2n) is 6.39. The van der Waals surface area contributed by atoms with E-state index in [4.69, 9.17) is 5.73 Å². The number of carbonyl (C=O) groups is 2. The van der Waals surface area contributed by atoms with Crippen molar-refractivity contribution in [3.63, 3.8) is 0 Å². The summed E-state index contributed by atoms with van der Waals surface area (Å²) in [5.41, 5.74) is 6.54. The third kappa shape index (κ3) is 3.30. The van der Waals surface area contributed by atoms with Crippen molar-refractivity contribution in [1.82, 2.24) is 4.90 Å². The van der Waals surface area contributed by atoms with Crippen LogP contribution in [0.3, 0.4) is 0 Å². The summed E-state index contributed by atoms with van der Waals surface area (Å²) in [6.07, 6.45) is 6.05. The maximum absolute atomic E-state index is 12.5. The van der Waals surface area contributed by atoms with Crippen LogP contribution in [0, 0.1) is 0 Å². The highest BCUT2D eigenvalue weighted by Crippen LogP contribution is 2.33. The molecule has 1 heterocycles. The van der Waals surface area contributed by atoms with E-state index in [1.54, 1.807) is 24.3 Å². The maximum Gasteiger partial charge on any atom is 0.253 e. The van der Waals surface area contributed by atoms with E-state index in [0.29, 0.717) is 11.3 Å². The van der Waals surface area contributed by atoms with E-state index in [-0.39, 0.29) is 11.8 Å². The molecule has 1 aliphatic heterocycles. The molecule has 2 aliphatic rings. The van der Waals surface area contributed by atoms with Gasteiger partial charge < -0.3 is 16.0 Å². The van der Waals surface area contributed by atoms with Gasteiger partial charge in [-0.25, -0.2) is 0 Å². The van der Waals surface area contributed by atoms with Crippen molar-refractivity contribution >= 4 is 17.5 Å². The predicted molar refractivity (Wildman–Crippen MR) is 85.6 cm³/mol. The minimum absolute atomic E-state index is 0.0808. The SMILES string of the molecule is NC1(C(=O)Nc2ccc(C(=O)N3CCCCCC3)cc2)CC1. The molecule has 3 N–H and O–H groups in total. The van der Waals surface area contributed by atoms with E-state index in [2.05, 4.69) is 5.32 Å². The molecule has 0 atom stereocenters. The molecular formula is C17H23N3O2. The number of hydrogen-bond acceptors (Lipinski definition) is 3. The first-order chi connectivity index (χ1) is 10.6. The number of rotatable bonds is 3. The van der Waals surface area contributed by atoms with E-state index in [1.165, 1.54) is 12.8 Å². The summed E-state index contributed by atoms with van der Waals surface area (Å²) in [6.45, 7) is 1.68. The molecule has 1 saturated heterocycles. The zero-order chi connectivity index (χ0) is 15.6. The van der Waals surface area contributed by atoms with Gasteiger partial charge in [-0.15, -0.1) is 0 Å². The van der Waals surface area contributed by atoms with Crippen molar-refractivity contribution in [2.24, 2.45) is 5.73 Å². The minimum atomic E-state index is -0.680. The Morgan fingerprint density at radius 3 is 2.14 bits per heavy atom. The number of amides is 2. The highest BCUT2D eigenvalue weighted by molar-refractivity contribution is 6.00. The number of hydrogen-bond donors (Lipinski definition) is 2. The Morgan fingerprint density at radius 2 is 1.59 bits per heavy atom. The van der Waals surface area contributed by atoms with Gasteiger partial charge in [-0.1, -0.05) is 12.8 Å². The normalized spacial score (nSPS) is 20.1. The number of nitrogens with one attached hydrogen (secondary N) is 1. The lowest BCUT2D eigenvalue weighted by Crippen LogP contribution is -2.37. The van der Waals surface area contributed by atoms with Gasteiger partial charge in [0.1, 0.15) is 0 Å². The van der Waals surface area contributed by atoms with Crippen LogP contribution in [0.15, 0.2) is 24.3 Å². The lowest BCUT2D eigenvalue weighted by atomic mass is 10.1. The summed E-state index contributed by atoms with van der Waals surface area (Å²) in [7, 11) is 0. The topological polar surface area (TPSA) is 75.4 Å². The zero-order valence-electron chi connectivity index (χ0n) is 12.8. The smallest absolute Gasteiger partial charge is 0.253 e. The Bertz CT molecular complexity index is 556. The summed E-state index contributed by atoms with van der Waals surface area (Å²) in [5, 5.41) is 2.81. The molecule has 22 heavy (non-hydrogen) atoms. The van der Waals surface area contributed by atoms with Crippen LogP contribution in [0.1, 0.15) is 48.9 Å². The van der Waals surface area contributed by atoms with Crippen LogP contribution in [-0.2, 0) is 4.79 Å². The van der Waals surface area contributed by atoms with Gasteiger partial charge in [-0.3, -0.25) is 9.59 Å². The van der Waals surface area contributed by atoms with Crippen molar-refractivity contribution in [3.8, 4) is 0 Å². The molecule has 1 aromatic rings. The highest BCUT2D eigenvalue weighted by Gasteiger charge is 2.45. The van der Waals surface area contributed by atoms with Crippen LogP contribution in [0.2, 0.25) is 0 Å². The van der Waals surface area contributed by atoms with Crippen LogP contribution in [0.4, 0.5) is 5.69 Å². The molecule has 0 bridgehead atoms. The number of nitrogens with zero attached hydrogens (tertiary/aromatic N) is 1. The van der Waals surface area contributed by atoms with E-state index in [9.17, 15) is 9.59 Å². The Balaban J connectivity index is 1.63. The molecule has 2 amide bonds. The largest absolute Gasteiger partial charge is 0.339 e. The first kappa shape index (κ1) is 15.0. The summed E-state index contributed by atoms with van der Waals surface area (Å²) < 4.78 is 0. The number of anilines is 1. The molecule has 0 aromatic heterocycles. The van der Waals surface area contributed by atoms with E-state index in [1.807, 2.05) is 4.90 Å². The Labute approximate surface area is 130 Å². The predicted octanol–water partition coefficient (Wildman–Crippen LogP) is 2.13. The van der Waals surface area contributed by atoms with Gasteiger partial charge in [0, 0.05) is 24.3 Å². The molecular weight excluding hydrogens is 278 g/mol. The standard InChI is InChI=1S/C17H23N3O2/c18-17(9-10-17)16(22)19-14-7-5-13(6-8-14)15(21)20-11-3-1-2-4-12-20/h5-8H,1-4,9-12,18H2,(H,19,22). The summed E-state index contributed by atoms with van der Waals surface area (Å²) in [5.74, 6) is -0.0589. The molecule has 2 fully saturated rings. The molecule has 1 saturated carbocycles. The molecule has 0 unspecified atom stereocenters. The van der Waals surface area contributed by atoms with Crippen LogP contribution in [0.5, 0.6) is 0 Å². The maximum atomic E-state index is 12.5. The average molecular weight is 301 g/mol. The summed E-state index contributed by atoms with van der Waals surface area (Å²) in [4.78, 5) is 26.3. The summed E-state index contributed by atoms with van der Waals surface area (Å²) >= 11 is 0. The second-order valence-corrected chi connectivity index (χ2v) is 6.39. The molecule has 5 nitrogen and oxygen atoms in total. The lowest BCUT2D eigenvalue weighted by Gasteiger charge is -2.20. The van der Waals surface area contributed by atoms with Gasteiger partial charge in [-0.05, 0) is 49.9 Å². The molecule has 118 valence electrons. The van der Waals surface area contributed by atoms with Gasteiger partial charge >= 0.3 is 0 Å². The van der Waals surface area contributed by atoms with Crippen LogP contribution < -0.4 is 11.1 Å². The third-order valence-electron chi connectivity index (χ3n) is 4.52. The van der Waals surface area contributed by atoms with Gasteiger partial charge in [0.25, 0.3) is 5.91 Å². The molecule has 3 rings (SSSR count). The van der Waals surface area contributed by atoms with Gasteiger partial charge in [0.05, 0.1) is 5.54 Å². The Hall–Kier alpha value is -1.88. The van der Waals surface area contributed by atoms with Crippen molar-refractivity contribution in [3.05, 3.63) is 29.8 Å². The third-order valence-corrected chi connectivity index (χ3v) is 4.52. The van der Waals surface area contributed by atoms with E-state index < -0.39 is 5.54 Å². The van der Waals surface area contributed by atoms with Gasteiger partial charge in [-0.2, -0.15) is 0 Å². The van der Waals surface area contributed by atoms with E-state index >= 15 is 0 Å². The van der Waals surface area contributed by atoms with Crippen molar-refractivity contribution in [2.75, 3.05) is 18.4 Å². The molecule has 1 aliphatic carbocycles. The molecule has 1 aromatic carbocycles. The fourth-order valence-corrected chi connectivity index (χ4v) is 2.77. The monoisotopic (exact) mass is 301 g/mol. The van der Waals surface area contributed by atoms with Gasteiger partial charge in [0.2, 0.25) is 5.91 Å². The Morgan fingerprint density at radius 1 is 1.00 bits per heavy atom.